The Morgan fingerprint density at radius 3 is 2.35 bits per heavy atom. The minimum Gasteiger partial charge on any atom is -0.497 e. The molecule has 2 saturated heterocycles. The van der Waals surface area contributed by atoms with Crippen molar-refractivity contribution in [1.29, 1.82) is 0 Å². The molecule has 186 valence electrons. The lowest BCUT2D eigenvalue weighted by molar-refractivity contribution is -0.123. The monoisotopic (exact) mass is 558 g/mol. The van der Waals surface area contributed by atoms with Crippen molar-refractivity contribution in [3.8, 4) is 11.5 Å². The zero-order valence-electron chi connectivity index (χ0n) is 20.1. The maximum atomic E-state index is 14.2. The number of amides is 2. The van der Waals surface area contributed by atoms with Crippen LogP contribution in [0.1, 0.15) is 27.5 Å². The Balaban J connectivity index is 1.51. The second kappa shape index (κ2) is 8.88. The average molecular weight is 559 g/mol. The number of fused-ring (bicyclic) bond motifs is 5. The Bertz CT molecular complexity index is 1470. The lowest BCUT2D eigenvalue weighted by Crippen LogP contribution is -2.44. The molecule has 0 spiro atoms. The van der Waals surface area contributed by atoms with Gasteiger partial charge in [0.05, 0.1) is 43.3 Å². The quantitative estimate of drug-likeness (QED) is 0.328. The van der Waals surface area contributed by atoms with Crippen LogP contribution in [-0.2, 0) is 9.59 Å². The predicted molar refractivity (Wildman–Crippen MR) is 141 cm³/mol. The molecule has 2 amide bonds. The van der Waals surface area contributed by atoms with Crippen molar-refractivity contribution in [3.63, 3.8) is 0 Å². The van der Waals surface area contributed by atoms with E-state index in [9.17, 15) is 14.4 Å². The summed E-state index contributed by atoms with van der Waals surface area (Å²) in [5, 5.41) is 0. The number of Topliss-reactive ketones (excluding diaryl/α,β-unsaturated/α-hetero) is 1. The fourth-order valence-electron chi connectivity index (χ4n) is 5.87. The number of ether oxygens (including phenoxy) is 2. The van der Waals surface area contributed by atoms with Gasteiger partial charge in [0.2, 0.25) is 11.8 Å². The highest BCUT2D eigenvalue weighted by Crippen LogP contribution is 2.54. The van der Waals surface area contributed by atoms with Gasteiger partial charge in [-0.05, 0) is 59.7 Å². The van der Waals surface area contributed by atoms with E-state index in [1.54, 1.807) is 42.5 Å². The lowest BCUT2D eigenvalue weighted by atomic mass is 9.83. The summed E-state index contributed by atoms with van der Waals surface area (Å²) in [6, 6.07) is 18.5. The number of imide groups is 1. The maximum absolute atomic E-state index is 14.2. The number of rotatable bonds is 5. The molecule has 1 unspecified atom stereocenters. The van der Waals surface area contributed by atoms with Gasteiger partial charge >= 0.3 is 0 Å². The number of anilines is 1. The summed E-state index contributed by atoms with van der Waals surface area (Å²) in [5.41, 5.74) is 2.69. The highest BCUT2D eigenvalue weighted by atomic mass is 79.9. The number of hydrogen-bond donors (Lipinski definition) is 0. The first-order valence-electron chi connectivity index (χ1n) is 11.9. The van der Waals surface area contributed by atoms with Crippen LogP contribution in [-0.4, -0.2) is 42.8 Å². The molecule has 37 heavy (non-hydrogen) atoms. The van der Waals surface area contributed by atoms with Gasteiger partial charge in [-0.25, -0.2) is 4.90 Å². The van der Waals surface area contributed by atoms with Gasteiger partial charge in [0.25, 0.3) is 0 Å². The average Bonchev–Trinajstić information content (AvgIpc) is 3.40. The molecule has 0 N–H and O–H groups in total. The molecular weight excluding hydrogens is 536 g/mol. The minimum atomic E-state index is -0.891. The molecule has 4 atom stereocenters. The van der Waals surface area contributed by atoms with E-state index in [-0.39, 0.29) is 17.6 Å². The van der Waals surface area contributed by atoms with Crippen molar-refractivity contribution >= 4 is 45.3 Å². The second-order valence-electron chi connectivity index (χ2n) is 9.25. The second-order valence-corrected chi connectivity index (χ2v) is 10.2. The number of ketones is 1. The standard InChI is InChI=1S/C29H23BrN2O5/c1-36-19-11-12-22(37-2)21(15-19)27(33)26-24-23(25-20-6-4-3-5-16(20)13-14-31(25)26)28(34)32(29(24)35)18-9-7-17(30)8-10-18/h3-15,23-26H,1-2H3/t23-,24+,25?,26-/m0/s1. The van der Waals surface area contributed by atoms with Crippen LogP contribution < -0.4 is 14.4 Å². The van der Waals surface area contributed by atoms with Crippen molar-refractivity contribution in [2.75, 3.05) is 19.1 Å². The van der Waals surface area contributed by atoms with Crippen LogP contribution in [0, 0.1) is 11.8 Å². The summed E-state index contributed by atoms with van der Waals surface area (Å²) >= 11 is 3.41. The van der Waals surface area contributed by atoms with Crippen LogP contribution in [0.3, 0.4) is 0 Å². The summed E-state index contributed by atoms with van der Waals surface area (Å²) in [6.07, 6.45) is 3.77. The van der Waals surface area contributed by atoms with E-state index in [4.69, 9.17) is 9.47 Å². The smallest absolute Gasteiger partial charge is 0.240 e. The van der Waals surface area contributed by atoms with Crippen molar-refractivity contribution in [2.45, 2.75) is 12.1 Å². The number of nitrogens with zero attached hydrogens (tertiary/aromatic N) is 2. The molecule has 0 bridgehead atoms. The first kappa shape index (κ1) is 23.5. The molecule has 3 heterocycles. The van der Waals surface area contributed by atoms with E-state index in [1.165, 1.54) is 19.1 Å². The molecule has 6 rings (SSSR count). The number of benzene rings is 3. The molecule has 0 aromatic heterocycles. The minimum absolute atomic E-state index is 0.295. The van der Waals surface area contributed by atoms with Gasteiger partial charge < -0.3 is 14.4 Å². The Labute approximate surface area is 222 Å². The number of carbonyl (C=O) groups is 3. The normalized spacial score (nSPS) is 23.5. The van der Waals surface area contributed by atoms with E-state index in [0.717, 1.165) is 15.6 Å². The Morgan fingerprint density at radius 1 is 0.892 bits per heavy atom. The van der Waals surface area contributed by atoms with E-state index < -0.39 is 23.9 Å². The Kier molecular flexibility index (Phi) is 5.64. The summed E-state index contributed by atoms with van der Waals surface area (Å²) in [4.78, 5) is 45.3. The molecule has 3 aliphatic rings. The van der Waals surface area contributed by atoms with Crippen LogP contribution >= 0.6 is 15.9 Å². The summed E-state index contributed by atoms with van der Waals surface area (Å²) in [5.74, 6) is -1.67. The lowest BCUT2D eigenvalue weighted by Gasteiger charge is -2.35. The molecule has 3 aromatic carbocycles. The topological polar surface area (TPSA) is 76.1 Å². The van der Waals surface area contributed by atoms with Gasteiger partial charge in [-0.3, -0.25) is 14.4 Å². The largest absolute Gasteiger partial charge is 0.497 e. The van der Waals surface area contributed by atoms with Gasteiger partial charge in [-0.1, -0.05) is 40.2 Å². The van der Waals surface area contributed by atoms with Crippen molar-refractivity contribution in [3.05, 3.63) is 94.1 Å². The van der Waals surface area contributed by atoms with Crippen LogP contribution in [0.4, 0.5) is 5.69 Å². The fourth-order valence-corrected chi connectivity index (χ4v) is 6.13. The highest BCUT2D eigenvalue weighted by Gasteiger charge is 2.64. The summed E-state index contributed by atoms with van der Waals surface area (Å²) in [7, 11) is 3.02. The van der Waals surface area contributed by atoms with Crippen LogP contribution in [0.15, 0.2) is 77.4 Å². The van der Waals surface area contributed by atoms with E-state index >= 15 is 0 Å². The van der Waals surface area contributed by atoms with Gasteiger partial charge in [0.15, 0.2) is 5.78 Å². The molecule has 3 aromatic rings. The zero-order chi connectivity index (χ0) is 25.8. The van der Waals surface area contributed by atoms with Crippen molar-refractivity contribution in [2.24, 2.45) is 11.8 Å². The van der Waals surface area contributed by atoms with Crippen LogP contribution in [0.5, 0.6) is 11.5 Å². The Hall–Kier alpha value is -3.91. The van der Waals surface area contributed by atoms with Crippen LogP contribution in [0.25, 0.3) is 6.08 Å². The van der Waals surface area contributed by atoms with Crippen molar-refractivity contribution < 1.29 is 23.9 Å². The number of hydrogen-bond acceptors (Lipinski definition) is 6. The zero-order valence-corrected chi connectivity index (χ0v) is 21.7. The number of carbonyl (C=O) groups excluding carboxylic acids is 3. The van der Waals surface area contributed by atoms with Gasteiger partial charge in [-0.15, -0.1) is 0 Å². The third-order valence-electron chi connectivity index (χ3n) is 7.49. The molecule has 7 nitrogen and oxygen atoms in total. The van der Waals surface area contributed by atoms with Crippen molar-refractivity contribution in [1.82, 2.24) is 4.90 Å². The van der Waals surface area contributed by atoms with Gasteiger partial charge in [0, 0.05) is 10.7 Å². The third kappa shape index (κ3) is 3.50. The first-order chi connectivity index (χ1) is 17.9. The third-order valence-corrected chi connectivity index (χ3v) is 8.02. The van der Waals surface area contributed by atoms with E-state index in [0.29, 0.717) is 22.7 Å². The molecule has 0 radical (unpaired) electrons. The van der Waals surface area contributed by atoms with E-state index in [2.05, 4.69) is 15.9 Å². The summed E-state index contributed by atoms with van der Waals surface area (Å²) in [6.45, 7) is 0. The SMILES string of the molecule is COc1ccc(OC)c(C(=O)[C@@H]2[C@@H]3C(=O)N(c4ccc(Br)cc4)C(=O)[C@@H]3C3c4ccccc4C=CN32)c1. The molecular formula is C29H23BrN2O5. The summed E-state index contributed by atoms with van der Waals surface area (Å²) < 4.78 is 11.7. The molecule has 3 aliphatic heterocycles. The first-order valence-corrected chi connectivity index (χ1v) is 12.7. The molecule has 2 fully saturated rings. The van der Waals surface area contributed by atoms with Crippen LogP contribution in [0.2, 0.25) is 0 Å². The van der Waals surface area contributed by atoms with Gasteiger partial charge in [-0.2, -0.15) is 0 Å². The number of halogens is 1. The van der Waals surface area contributed by atoms with E-state index in [1.807, 2.05) is 41.4 Å². The Morgan fingerprint density at radius 2 is 1.62 bits per heavy atom. The molecule has 0 aliphatic carbocycles. The predicted octanol–water partition coefficient (Wildman–Crippen LogP) is 4.86. The number of methoxy groups -OCH3 is 2. The fraction of sp³-hybridized carbons (Fsp3) is 0.207. The maximum Gasteiger partial charge on any atom is 0.240 e. The molecule has 8 heteroatoms. The highest BCUT2D eigenvalue weighted by molar-refractivity contribution is 9.10. The van der Waals surface area contributed by atoms with Gasteiger partial charge in [0.1, 0.15) is 17.5 Å². The molecule has 0 saturated carbocycles.